The van der Waals surface area contributed by atoms with Gasteiger partial charge in [0.25, 0.3) is 5.91 Å². The largest absolute Gasteiger partial charge is 0.452 e. The predicted molar refractivity (Wildman–Crippen MR) is 97.5 cm³/mol. The van der Waals surface area contributed by atoms with Crippen LogP contribution in [0.15, 0.2) is 12.1 Å². The van der Waals surface area contributed by atoms with Gasteiger partial charge >= 0.3 is 12.0 Å². The maximum atomic E-state index is 11.8. The Labute approximate surface area is 154 Å². The summed E-state index contributed by atoms with van der Waals surface area (Å²) in [5, 5.41) is 4.73. The third kappa shape index (κ3) is 8.56. The molecule has 1 aromatic heterocycles. The molecule has 0 bridgehead atoms. The highest BCUT2D eigenvalue weighted by atomic mass is 35.5. The van der Waals surface area contributed by atoms with E-state index in [1.54, 1.807) is 26.8 Å². The smallest absolute Gasteiger partial charge is 0.321 e. The van der Waals surface area contributed by atoms with Gasteiger partial charge in [-0.1, -0.05) is 11.6 Å². The normalized spacial score (nSPS) is 12.4. The highest BCUT2D eigenvalue weighted by Gasteiger charge is 2.22. The third-order valence-corrected chi connectivity index (χ3v) is 4.86. The SMILES string of the molecule is C[C@@H](OC(=O)CSCc1ccc(Cl)s1)C(=O)NC(=O)NC(C)(C)C. The Morgan fingerprint density at radius 3 is 2.54 bits per heavy atom. The zero-order valence-corrected chi connectivity index (χ0v) is 16.4. The fourth-order valence-corrected chi connectivity index (χ4v) is 3.54. The van der Waals surface area contributed by atoms with Crippen LogP contribution < -0.4 is 10.6 Å². The molecule has 9 heteroatoms. The maximum Gasteiger partial charge on any atom is 0.321 e. The van der Waals surface area contributed by atoms with Crippen LogP contribution in [-0.2, 0) is 20.1 Å². The van der Waals surface area contributed by atoms with Crippen LogP contribution in [0.3, 0.4) is 0 Å². The number of thioether (sulfide) groups is 1. The lowest BCUT2D eigenvalue weighted by Gasteiger charge is -2.21. The quantitative estimate of drug-likeness (QED) is 0.726. The van der Waals surface area contributed by atoms with E-state index in [4.69, 9.17) is 16.3 Å². The lowest BCUT2D eigenvalue weighted by Crippen LogP contribution is -2.50. The van der Waals surface area contributed by atoms with E-state index >= 15 is 0 Å². The number of hydrogen-bond acceptors (Lipinski definition) is 6. The number of carbonyl (C=O) groups excluding carboxylic acids is 3. The number of thiophene rings is 1. The molecule has 1 rings (SSSR count). The van der Waals surface area contributed by atoms with Crippen LogP contribution >= 0.6 is 34.7 Å². The van der Waals surface area contributed by atoms with Crippen LogP contribution in [-0.4, -0.2) is 35.3 Å². The Balaban J connectivity index is 2.29. The van der Waals surface area contributed by atoms with Crippen LogP contribution in [0.25, 0.3) is 0 Å². The molecule has 0 aliphatic carbocycles. The second kappa shape index (κ2) is 9.29. The molecule has 2 N–H and O–H groups in total. The van der Waals surface area contributed by atoms with E-state index in [1.165, 1.54) is 30.0 Å². The Kier molecular flexibility index (Phi) is 8.05. The first kappa shape index (κ1) is 20.8. The Bertz CT molecular complexity index is 599. The first-order chi connectivity index (χ1) is 11.1. The maximum absolute atomic E-state index is 11.8. The molecule has 6 nitrogen and oxygen atoms in total. The van der Waals surface area contributed by atoms with Gasteiger partial charge in [0.15, 0.2) is 6.10 Å². The van der Waals surface area contributed by atoms with Crippen molar-refractivity contribution in [2.45, 2.75) is 45.1 Å². The van der Waals surface area contributed by atoms with Gasteiger partial charge in [-0.15, -0.1) is 23.1 Å². The Hall–Kier alpha value is -1.25. The molecule has 0 fully saturated rings. The molecular weight excluding hydrogens is 372 g/mol. The number of imide groups is 1. The van der Waals surface area contributed by atoms with Gasteiger partial charge in [-0.3, -0.25) is 14.9 Å². The topological polar surface area (TPSA) is 84.5 Å². The predicted octanol–water partition coefficient (Wildman–Crippen LogP) is 3.19. The van der Waals surface area contributed by atoms with Crippen LogP contribution in [0.5, 0.6) is 0 Å². The summed E-state index contributed by atoms with van der Waals surface area (Å²) in [5.74, 6) is -0.427. The number of rotatable bonds is 6. The van der Waals surface area contributed by atoms with Gasteiger partial charge in [0.05, 0.1) is 10.1 Å². The Morgan fingerprint density at radius 1 is 1.33 bits per heavy atom. The molecule has 0 aromatic carbocycles. The molecule has 0 radical (unpaired) electrons. The van der Waals surface area contributed by atoms with Gasteiger partial charge in [-0.2, -0.15) is 0 Å². The second-order valence-electron chi connectivity index (χ2n) is 6.02. The third-order valence-electron chi connectivity index (χ3n) is 2.50. The van der Waals surface area contributed by atoms with Gasteiger partial charge < -0.3 is 10.1 Å². The summed E-state index contributed by atoms with van der Waals surface area (Å²) >= 11 is 8.65. The zero-order valence-electron chi connectivity index (χ0n) is 14.0. The van der Waals surface area contributed by atoms with Crippen LogP contribution in [0, 0.1) is 0 Å². The molecule has 0 unspecified atom stereocenters. The van der Waals surface area contributed by atoms with Crippen molar-refractivity contribution in [3.63, 3.8) is 0 Å². The van der Waals surface area contributed by atoms with Gasteiger partial charge in [0.1, 0.15) is 0 Å². The number of nitrogens with one attached hydrogen (secondary N) is 2. The van der Waals surface area contributed by atoms with Crippen molar-refractivity contribution in [2.75, 3.05) is 5.75 Å². The second-order valence-corrected chi connectivity index (χ2v) is 8.81. The van der Waals surface area contributed by atoms with Crippen LogP contribution in [0.4, 0.5) is 4.79 Å². The van der Waals surface area contributed by atoms with Crippen molar-refractivity contribution < 1.29 is 19.1 Å². The molecule has 0 saturated heterocycles. The summed E-state index contributed by atoms with van der Waals surface area (Å²) in [5.41, 5.74) is -0.467. The van der Waals surface area contributed by atoms with Crippen molar-refractivity contribution in [1.82, 2.24) is 10.6 Å². The van der Waals surface area contributed by atoms with Gasteiger partial charge in [0.2, 0.25) is 0 Å². The number of amides is 3. The number of urea groups is 1. The molecule has 1 heterocycles. The number of ether oxygens (including phenoxy) is 1. The van der Waals surface area contributed by atoms with E-state index in [1.807, 2.05) is 6.07 Å². The first-order valence-corrected chi connectivity index (χ1v) is 9.56. The fraction of sp³-hybridized carbons (Fsp3) is 0.533. The summed E-state index contributed by atoms with van der Waals surface area (Å²) < 4.78 is 5.71. The summed E-state index contributed by atoms with van der Waals surface area (Å²) in [6, 6.07) is 3.07. The van der Waals surface area contributed by atoms with Crippen molar-refractivity contribution in [2.24, 2.45) is 0 Å². The van der Waals surface area contributed by atoms with E-state index in [-0.39, 0.29) is 5.75 Å². The minimum atomic E-state index is -1.04. The number of hydrogen-bond donors (Lipinski definition) is 2. The van der Waals surface area contributed by atoms with E-state index < -0.39 is 29.6 Å². The Morgan fingerprint density at radius 2 is 2.00 bits per heavy atom. The average Bonchev–Trinajstić information content (AvgIpc) is 2.81. The van der Waals surface area contributed by atoms with Crippen LogP contribution in [0.1, 0.15) is 32.6 Å². The molecule has 134 valence electrons. The van der Waals surface area contributed by atoms with Crippen molar-refractivity contribution >= 4 is 52.6 Å². The molecule has 0 spiro atoms. The van der Waals surface area contributed by atoms with Gasteiger partial charge in [0, 0.05) is 16.2 Å². The van der Waals surface area contributed by atoms with Gasteiger partial charge in [-0.05, 0) is 39.8 Å². The molecular formula is C15H21ClN2O4S2. The number of esters is 1. The zero-order chi connectivity index (χ0) is 18.3. The summed E-state index contributed by atoms with van der Waals surface area (Å²) in [4.78, 5) is 36.2. The van der Waals surface area contributed by atoms with Crippen molar-refractivity contribution in [3.05, 3.63) is 21.3 Å². The number of carbonyl (C=O) groups is 3. The molecule has 0 saturated carbocycles. The standard InChI is InChI=1S/C15H21ClN2O4S2/c1-9(13(20)17-14(21)18-15(2,3)4)22-12(19)8-23-7-10-5-6-11(16)24-10/h5-6,9H,7-8H2,1-4H3,(H2,17,18,20,21)/t9-/m1/s1. The van der Waals surface area contributed by atoms with E-state index in [0.717, 1.165) is 4.88 Å². The van der Waals surface area contributed by atoms with E-state index in [2.05, 4.69) is 10.6 Å². The highest BCUT2D eigenvalue weighted by molar-refractivity contribution is 7.99. The molecule has 1 atom stereocenters. The first-order valence-electron chi connectivity index (χ1n) is 7.21. The summed E-state index contributed by atoms with van der Waals surface area (Å²) in [6.07, 6.45) is -1.04. The lowest BCUT2D eigenvalue weighted by molar-refractivity contribution is -0.151. The summed E-state index contributed by atoms with van der Waals surface area (Å²) in [7, 11) is 0. The summed E-state index contributed by atoms with van der Waals surface area (Å²) in [6.45, 7) is 6.79. The minimum absolute atomic E-state index is 0.112. The highest BCUT2D eigenvalue weighted by Crippen LogP contribution is 2.25. The van der Waals surface area contributed by atoms with E-state index in [9.17, 15) is 14.4 Å². The monoisotopic (exact) mass is 392 g/mol. The molecule has 0 aliphatic rings. The number of halogens is 1. The van der Waals surface area contributed by atoms with Gasteiger partial charge in [-0.25, -0.2) is 4.79 Å². The van der Waals surface area contributed by atoms with E-state index in [0.29, 0.717) is 10.1 Å². The molecule has 0 aliphatic heterocycles. The molecule has 1 aromatic rings. The lowest BCUT2D eigenvalue weighted by atomic mass is 10.1. The molecule has 24 heavy (non-hydrogen) atoms. The van der Waals surface area contributed by atoms with Crippen molar-refractivity contribution in [1.29, 1.82) is 0 Å². The van der Waals surface area contributed by atoms with Crippen molar-refractivity contribution in [3.8, 4) is 0 Å². The molecule has 3 amide bonds. The average molecular weight is 393 g/mol. The minimum Gasteiger partial charge on any atom is -0.452 e. The van der Waals surface area contributed by atoms with Crippen LogP contribution in [0.2, 0.25) is 4.34 Å². The fourth-order valence-electron chi connectivity index (χ4n) is 1.53.